The largest absolute Gasteiger partial charge is 0.474 e. The molecule has 3 atom stereocenters. The highest BCUT2D eigenvalue weighted by Crippen LogP contribution is 2.39. The highest BCUT2D eigenvalue weighted by atomic mass is 32.2. The average Bonchev–Trinajstić information content (AvgIpc) is 2.48. The summed E-state index contributed by atoms with van der Waals surface area (Å²) < 4.78 is 36.6. The molecule has 118 valence electrons. The van der Waals surface area contributed by atoms with Gasteiger partial charge in [0, 0.05) is 11.7 Å². The van der Waals surface area contributed by atoms with Gasteiger partial charge in [0.05, 0.1) is 10.6 Å². The van der Waals surface area contributed by atoms with Crippen molar-refractivity contribution in [2.24, 2.45) is 17.6 Å². The van der Waals surface area contributed by atoms with Gasteiger partial charge in [0.15, 0.2) is 6.23 Å². The van der Waals surface area contributed by atoms with E-state index in [2.05, 4.69) is 0 Å². The molecule has 1 aromatic rings. The second kappa shape index (κ2) is 6.56. The van der Waals surface area contributed by atoms with Crippen LogP contribution in [0.4, 0.5) is 0 Å². The Morgan fingerprint density at radius 2 is 2.24 bits per heavy atom. The Morgan fingerprint density at radius 3 is 2.90 bits per heavy atom. The molecule has 0 fully saturated rings. The molecular weight excluding hydrogens is 310 g/mol. The summed E-state index contributed by atoms with van der Waals surface area (Å²) in [4.78, 5) is 1.10. The molecule has 3 N–H and O–H groups in total. The molecule has 0 bridgehead atoms. The fraction of sp³-hybridized carbons (Fsp3) is 0.571. The third-order valence-corrected chi connectivity index (χ3v) is 5.94. The van der Waals surface area contributed by atoms with Crippen molar-refractivity contribution in [1.29, 1.82) is 0 Å². The van der Waals surface area contributed by atoms with Gasteiger partial charge in [-0.25, -0.2) is 0 Å². The number of rotatable bonds is 4. The van der Waals surface area contributed by atoms with Crippen molar-refractivity contribution in [3.63, 3.8) is 0 Å². The van der Waals surface area contributed by atoms with Gasteiger partial charge < -0.3 is 4.74 Å². The summed E-state index contributed by atoms with van der Waals surface area (Å²) in [5.41, 5.74) is 7.26. The molecule has 1 aliphatic rings. The number of nitrogens with two attached hydrogens (primary N) is 1. The Balaban J connectivity index is 2.07. The van der Waals surface area contributed by atoms with E-state index in [1.165, 1.54) is 0 Å². The Kier molecular flexibility index (Phi) is 5.19. The zero-order valence-electron chi connectivity index (χ0n) is 12.2. The lowest BCUT2D eigenvalue weighted by molar-refractivity contribution is 0.137. The van der Waals surface area contributed by atoms with Crippen molar-refractivity contribution in [2.75, 3.05) is 11.5 Å². The molecule has 2 rings (SSSR count). The van der Waals surface area contributed by atoms with E-state index in [1.807, 2.05) is 25.1 Å². The standard InChI is InChI=1S/C14H21NO4S2/c1-9(8-21(16,17)18)6-11-7-20-13-10(2)4-3-5-12(13)19-14(11)15/h3-5,9,11,14H,6-8,15H2,1-2H3,(H,16,17,18). The molecule has 0 spiro atoms. The molecule has 1 aliphatic heterocycles. The first kappa shape index (κ1) is 16.6. The molecule has 0 saturated heterocycles. The van der Waals surface area contributed by atoms with Crippen LogP contribution in [0.3, 0.4) is 0 Å². The van der Waals surface area contributed by atoms with Crippen LogP contribution in [0, 0.1) is 18.8 Å². The van der Waals surface area contributed by atoms with E-state index in [0.717, 1.165) is 22.0 Å². The van der Waals surface area contributed by atoms with Gasteiger partial charge in [0.2, 0.25) is 0 Å². The Labute approximate surface area is 130 Å². The summed E-state index contributed by atoms with van der Waals surface area (Å²) in [7, 11) is -3.95. The van der Waals surface area contributed by atoms with Crippen LogP contribution in [0.2, 0.25) is 0 Å². The zero-order valence-corrected chi connectivity index (χ0v) is 13.8. The number of aryl methyl sites for hydroxylation is 1. The van der Waals surface area contributed by atoms with E-state index in [0.29, 0.717) is 6.42 Å². The molecule has 1 aromatic carbocycles. The van der Waals surface area contributed by atoms with Crippen molar-refractivity contribution in [1.82, 2.24) is 0 Å². The number of benzene rings is 1. The number of fused-ring (bicyclic) bond motifs is 1. The summed E-state index contributed by atoms with van der Waals surface area (Å²) >= 11 is 1.69. The minimum absolute atomic E-state index is 0.0403. The van der Waals surface area contributed by atoms with E-state index >= 15 is 0 Å². The predicted molar refractivity (Wildman–Crippen MR) is 84.2 cm³/mol. The second-order valence-electron chi connectivity index (χ2n) is 5.65. The molecule has 7 heteroatoms. The van der Waals surface area contributed by atoms with Crippen molar-refractivity contribution >= 4 is 21.9 Å². The third-order valence-electron chi connectivity index (χ3n) is 3.55. The predicted octanol–water partition coefficient (Wildman–Crippen LogP) is 2.29. The quantitative estimate of drug-likeness (QED) is 0.823. The van der Waals surface area contributed by atoms with Gasteiger partial charge >= 0.3 is 0 Å². The van der Waals surface area contributed by atoms with Crippen molar-refractivity contribution in [3.8, 4) is 5.75 Å². The van der Waals surface area contributed by atoms with E-state index in [1.54, 1.807) is 18.7 Å². The van der Waals surface area contributed by atoms with Gasteiger partial charge in [-0.3, -0.25) is 10.3 Å². The molecule has 0 radical (unpaired) electrons. The fourth-order valence-electron chi connectivity index (χ4n) is 2.58. The van der Waals surface area contributed by atoms with Gasteiger partial charge in [-0.1, -0.05) is 19.1 Å². The van der Waals surface area contributed by atoms with Crippen molar-refractivity contribution < 1.29 is 17.7 Å². The van der Waals surface area contributed by atoms with Crippen LogP contribution < -0.4 is 10.5 Å². The molecule has 1 heterocycles. The summed E-state index contributed by atoms with van der Waals surface area (Å²) in [5.74, 6) is 1.19. The zero-order chi connectivity index (χ0) is 15.6. The van der Waals surface area contributed by atoms with Gasteiger partial charge in [-0.05, 0) is 30.9 Å². The van der Waals surface area contributed by atoms with Crippen LogP contribution in [-0.2, 0) is 10.1 Å². The second-order valence-corrected chi connectivity index (χ2v) is 8.17. The van der Waals surface area contributed by atoms with Crippen LogP contribution >= 0.6 is 11.8 Å². The first-order valence-electron chi connectivity index (χ1n) is 6.86. The lowest BCUT2D eigenvalue weighted by Crippen LogP contribution is -2.37. The fourth-order valence-corrected chi connectivity index (χ4v) is 4.69. The summed E-state index contributed by atoms with van der Waals surface area (Å²) in [6.45, 7) is 3.83. The SMILES string of the molecule is Cc1cccc2c1SCC(CC(C)CS(=O)(=O)O)C(N)O2. The Bertz CT molecular complexity index is 603. The summed E-state index contributed by atoms with van der Waals surface area (Å²) in [5, 5.41) is 0. The van der Waals surface area contributed by atoms with Gasteiger partial charge in [0.25, 0.3) is 10.1 Å². The first-order chi connectivity index (χ1) is 9.76. The maximum absolute atomic E-state index is 10.9. The number of hydrogen-bond acceptors (Lipinski definition) is 5. The minimum atomic E-state index is -3.95. The molecule has 3 unspecified atom stereocenters. The highest BCUT2D eigenvalue weighted by molar-refractivity contribution is 7.99. The Morgan fingerprint density at radius 1 is 1.52 bits per heavy atom. The smallest absolute Gasteiger partial charge is 0.265 e. The molecule has 0 amide bonds. The molecule has 5 nitrogen and oxygen atoms in total. The topological polar surface area (TPSA) is 89.6 Å². The molecule has 0 aliphatic carbocycles. The summed E-state index contributed by atoms with van der Waals surface area (Å²) in [6, 6.07) is 5.87. The van der Waals surface area contributed by atoms with Gasteiger partial charge in [-0.15, -0.1) is 11.8 Å². The maximum atomic E-state index is 10.9. The maximum Gasteiger partial charge on any atom is 0.265 e. The lowest BCUT2D eigenvalue weighted by atomic mass is 9.97. The normalized spacial score (nSPS) is 23.8. The van der Waals surface area contributed by atoms with Crippen LogP contribution in [-0.4, -0.2) is 30.7 Å². The van der Waals surface area contributed by atoms with E-state index < -0.39 is 16.3 Å². The first-order valence-corrected chi connectivity index (χ1v) is 9.45. The lowest BCUT2D eigenvalue weighted by Gasteiger charge is -2.23. The van der Waals surface area contributed by atoms with Gasteiger partial charge in [0.1, 0.15) is 5.75 Å². The molecule has 0 saturated carbocycles. The van der Waals surface area contributed by atoms with E-state index in [-0.39, 0.29) is 17.6 Å². The van der Waals surface area contributed by atoms with Gasteiger partial charge in [-0.2, -0.15) is 8.42 Å². The van der Waals surface area contributed by atoms with Crippen LogP contribution in [0.5, 0.6) is 5.75 Å². The number of hydrogen-bond donors (Lipinski definition) is 2. The minimum Gasteiger partial charge on any atom is -0.474 e. The van der Waals surface area contributed by atoms with Crippen molar-refractivity contribution in [2.45, 2.75) is 31.4 Å². The van der Waals surface area contributed by atoms with Crippen molar-refractivity contribution in [3.05, 3.63) is 23.8 Å². The van der Waals surface area contributed by atoms with E-state index in [9.17, 15) is 8.42 Å². The average molecular weight is 331 g/mol. The van der Waals surface area contributed by atoms with E-state index in [4.69, 9.17) is 15.0 Å². The molecule has 0 aromatic heterocycles. The number of ether oxygens (including phenoxy) is 1. The highest BCUT2D eigenvalue weighted by Gasteiger charge is 2.28. The third kappa shape index (κ3) is 4.60. The van der Waals surface area contributed by atoms with Crippen LogP contribution in [0.15, 0.2) is 23.1 Å². The summed E-state index contributed by atoms with van der Waals surface area (Å²) in [6.07, 6.45) is 0.130. The molecular formula is C14H21NO4S2. The van der Waals surface area contributed by atoms with Crippen LogP contribution in [0.25, 0.3) is 0 Å². The number of thioether (sulfide) groups is 1. The molecule has 21 heavy (non-hydrogen) atoms. The monoisotopic (exact) mass is 331 g/mol. The Hall–Kier alpha value is -0.760. The van der Waals surface area contributed by atoms with Crippen LogP contribution in [0.1, 0.15) is 18.9 Å².